The first-order valence-corrected chi connectivity index (χ1v) is 8.83. The number of hydrogen-bond donors (Lipinski definition) is 1. The molecule has 1 unspecified atom stereocenters. The zero-order valence-electron chi connectivity index (χ0n) is 14.5. The second kappa shape index (κ2) is 7.51. The molecular formula is C19H26N4O. The number of rotatable bonds is 5. The molecule has 1 fully saturated rings. The normalized spacial score (nSPS) is 16.0. The van der Waals surface area contributed by atoms with Crippen molar-refractivity contribution in [3.05, 3.63) is 47.8 Å². The van der Waals surface area contributed by atoms with Crippen LogP contribution in [0.3, 0.4) is 0 Å². The average Bonchev–Trinajstić information content (AvgIpc) is 3.06. The fourth-order valence-corrected chi connectivity index (χ4v) is 3.33. The zero-order valence-corrected chi connectivity index (χ0v) is 14.5. The Balaban J connectivity index is 1.67. The van der Waals surface area contributed by atoms with Crippen molar-refractivity contribution in [2.24, 2.45) is 7.05 Å². The lowest BCUT2D eigenvalue weighted by Gasteiger charge is -2.28. The molecule has 1 N–H and O–H groups in total. The maximum atomic E-state index is 12.6. The number of carbonyl (C=O) groups excluding carboxylic acids is 1. The summed E-state index contributed by atoms with van der Waals surface area (Å²) < 4.78 is 1.81. The number of aromatic nitrogens is 2. The van der Waals surface area contributed by atoms with Gasteiger partial charge in [0.1, 0.15) is 0 Å². The van der Waals surface area contributed by atoms with Gasteiger partial charge in [-0.1, -0.05) is 6.92 Å². The van der Waals surface area contributed by atoms with Crippen LogP contribution in [-0.4, -0.2) is 28.8 Å². The van der Waals surface area contributed by atoms with Crippen molar-refractivity contribution in [3.8, 4) is 0 Å². The van der Waals surface area contributed by atoms with E-state index in [1.807, 2.05) is 29.9 Å². The molecule has 128 valence electrons. The molecule has 1 saturated heterocycles. The second-order valence-corrected chi connectivity index (χ2v) is 6.41. The van der Waals surface area contributed by atoms with Crippen LogP contribution < -0.4 is 10.2 Å². The molecule has 5 nitrogen and oxygen atoms in total. The fraction of sp³-hybridized carbons (Fsp3) is 0.474. The van der Waals surface area contributed by atoms with Crippen LogP contribution in [-0.2, 0) is 7.05 Å². The van der Waals surface area contributed by atoms with Gasteiger partial charge < -0.3 is 10.2 Å². The van der Waals surface area contributed by atoms with Gasteiger partial charge in [-0.25, -0.2) is 0 Å². The van der Waals surface area contributed by atoms with E-state index in [2.05, 4.69) is 34.4 Å². The first-order chi connectivity index (χ1) is 11.7. The van der Waals surface area contributed by atoms with E-state index in [4.69, 9.17) is 0 Å². The molecule has 1 aliphatic heterocycles. The Kier molecular flexibility index (Phi) is 5.18. The molecule has 1 aromatic carbocycles. The van der Waals surface area contributed by atoms with E-state index < -0.39 is 0 Å². The highest BCUT2D eigenvalue weighted by atomic mass is 16.1. The number of piperidine rings is 1. The molecule has 0 saturated carbocycles. The summed E-state index contributed by atoms with van der Waals surface area (Å²) in [4.78, 5) is 15.0. The molecular weight excluding hydrogens is 300 g/mol. The molecule has 1 atom stereocenters. The SMILES string of the molecule is CCC(NC(=O)c1ccc(N2CCCCC2)cc1)c1ccnn1C. The van der Waals surface area contributed by atoms with E-state index in [0.717, 1.165) is 25.2 Å². The van der Waals surface area contributed by atoms with E-state index in [1.165, 1.54) is 24.9 Å². The molecule has 0 bridgehead atoms. The minimum Gasteiger partial charge on any atom is -0.372 e. The van der Waals surface area contributed by atoms with Gasteiger partial charge in [-0.3, -0.25) is 9.48 Å². The predicted octanol–water partition coefficient (Wildman–Crippen LogP) is 3.29. The van der Waals surface area contributed by atoms with Crippen molar-refractivity contribution in [3.63, 3.8) is 0 Å². The number of amides is 1. The quantitative estimate of drug-likeness (QED) is 0.917. The smallest absolute Gasteiger partial charge is 0.251 e. The summed E-state index contributed by atoms with van der Waals surface area (Å²) in [6.07, 6.45) is 6.42. The van der Waals surface area contributed by atoms with Crippen molar-refractivity contribution in [2.45, 2.75) is 38.6 Å². The molecule has 2 heterocycles. The molecule has 24 heavy (non-hydrogen) atoms. The molecule has 3 rings (SSSR count). The van der Waals surface area contributed by atoms with Gasteiger partial charge in [-0.05, 0) is 56.0 Å². The maximum Gasteiger partial charge on any atom is 0.251 e. The van der Waals surface area contributed by atoms with Gasteiger partial charge in [0.15, 0.2) is 0 Å². The first kappa shape index (κ1) is 16.6. The minimum atomic E-state index is -0.0340. The monoisotopic (exact) mass is 326 g/mol. The number of benzene rings is 1. The predicted molar refractivity (Wildman–Crippen MR) is 96.2 cm³/mol. The molecule has 1 aromatic heterocycles. The van der Waals surface area contributed by atoms with Crippen molar-refractivity contribution < 1.29 is 4.79 Å². The highest BCUT2D eigenvalue weighted by Crippen LogP contribution is 2.21. The molecule has 1 amide bonds. The Morgan fingerprint density at radius 3 is 2.46 bits per heavy atom. The Bertz CT molecular complexity index is 671. The van der Waals surface area contributed by atoms with Crippen molar-refractivity contribution >= 4 is 11.6 Å². The Labute approximate surface area is 143 Å². The highest BCUT2D eigenvalue weighted by molar-refractivity contribution is 5.94. The lowest BCUT2D eigenvalue weighted by Crippen LogP contribution is -2.30. The van der Waals surface area contributed by atoms with Gasteiger partial charge in [-0.15, -0.1) is 0 Å². The lowest BCUT2D eigenvalue weighted by molar-refractivity contribution is 0.0934. The molecule has 0 spiro atoms. The van der Waals surface area contributed by atoms with Crippen LogP contribution in [0.5, 0.6) is 0 Å². The molecule has 0 radical (unpaired) electrons. The van der Waals surface area contributed by atoms with E-state index >= 15 is 0 Å². The second-order valence-electron chi connectivity index (χ2n) is 6.41. The van der Waals surface area contributed by atoms with Crippen molar-refractivity contribution in [1.82, 2.24) is 15.1 Å². The van der Waals surface area contributed by atoms with E-state index in [1.54, 1.807) is 6.20 Å². The summed E-state index contributed by atoms with van der Waals surface area (Å²) in [5.74, 6) is -0.0340. The number of aryl methyl sites for hydroxylation is 1. The number of nitrogens with one attached hydrogen (secondary N) is 1. The fourth-order valence-electron chi connectivity index (χ4n) is 3.33. The van der Waals surface area contributed by atoms with Gasteiger partial charge in [-0.2, -0.15) is 5.10 Å². The Morgan fingerprint density at radius 2 is 1.88 bits per heavy atom. The summed E-state index contributed by atoms with van der Waals surface area (Å²) in [7, 11) is 1.90. The lowest BCUT2D eigenvalue weighted by atomic mass is 10.1. The van der Waals surface area contributed by atoms with Gasteiger partial charge in [0, 0.05) is 37.6 Å². The molecule has 0 aliphatic carbocycles. The van der Waals surface area contributed by atoms with Gasteiger partial charge in [0.2, 0.25) is 0 Å². The first-order valence-electron chi connectivity index (χ1n) is 8.83. The van der Waals surface area contributed by atoms with E-state index in [9.17, 15) is 4.79 Å². The van der Waals surface area contributed by atoms with Crippen LogP contribution in [0.2, 0.25) is 0 Å². The number of anilines is 1. The van der Waals surface area contributed by atoms with E-state index in [-0.39, 0.29) is 11.9 Å². The molecule has 2 aromatic rings. The van der Waals surface area contributed by atoms with Crippen LogP contribution in [0, 0.1) is 0 Å². The van der Waals surface area contributed by atoms with Crippen LogP contribution in [0.15, 0.2) is 36.5 Å². The molecule has 1 aliphatic rings. The molecule has 5 heteroatoms. The maximum absolute atomic E-state index is 12.6. The van der Waals surface area contributed by atoms with Crippen molar-refractivity contribution in [1.29, 1.82) is 0 Å². The van der Waals surface area contributed by atoms with Gasteiger partial charge >= 0.3 is 0 Å². The zero-order chi connectivity index (χ0) is 16.9. The minimum absolute atomic E-state index is 0.0215. The van der Waals surface area contributed by atoms with E-state index in [0.29, 0.717) is 5.56 Å². The number of carbonyl (C=O) groups is 1. The third-order valence-electron chi connectivity index (χ3n) is 4.78. The summed E-state index contributed by atoms with van der Waals surface area (Å²) in [6.45, 7) is 4.30. The standard InChI is InChI=1S/C19H26N4O/c1-3-17(18-11-12-20-22(18)2)21-19(24)15-7-9-16(10-8-15)23-13-5-4-6-14-23/h7-12,17H,3-6,13-14H2,1-2H3,(H,21,24). The Morgan fingerprint density at radius 1 is 1.17 bits per heavy atom. The third-order valence-corrected chi connectivity index (χ3v) is 4.78. The van der Waals surface area contributed by atoms with Crippen molar-refractivity contribution in [2.75, 3.05) is 18.0 Å². The number of nitrogens with zero attached hydrogens (tertiary/aromatic N) is 3. The summed E-state index contributed by atoms with van der Waals surface area (Å²) in [5, 5.41) is 7.30. The summed E-state index contributed by atoms with van der Waals surface area (Å²) in [6, 6.07) is 9.90. The largest absolute Gasteiger partial charge is 0.372 e. The number of hydrogen-bond acceptors (Lipinski definition) is 3. The highest BCUT2D eigenvalue weighted by Gasteiger charge is 2.17. The van der Waals surface area contributed by atoms with Crippen LogP contribution in [0.4, 0.5) is 5.69 Å². The van der Waals surface area contributed by atoms with Crippen LogP contribution in [0.1, 0.15) is 54.7 Å². The third kappa shape index (κ3) is 3.61. The van der Waals surface area contributed by atoms with Gasteiger partial charge in [0.05, 0.1) is 11.7 Å². The summed E-state index contributed by atoms with van der Waals surface area (Å²) >= 11 is 0. The van der Waals surface area contributed by atoms with Gasteiger partial charge in [0.25, 0.3) is 5.91 Å². The topological polar surface area (TPSA) is 50.2 Å². The van der Waals surface area contributed by atoms with Crippen LogP contribution >= 0.6 is 0 Å². The average molecular weight is 326 g/mol. The van der Waals surface area contributed by atoms with Crippen LogP contribution in [0.25, 0.3) is 0 Å². The summed E-state index contributed by atoms with van der Waals surface area (Å²) in [5.41, 5.74) is 2.94. The Hall–Kier alpha value is -2.30.